The highest BCUT2D eigenvalue weighted by atomic mass is 35.5. The lowest BCUT2D eigenvalue weighted by atomic mass is 9.94. The van der Waals surface area contributed by atoms with Crippen LogP contribution in [0.4, 0.5) is 22.0 Å². The number of pyridine rings is 1. The van der Waals surface area contributed by atoms with Crippen LogP contribution in [0.5, 0.6) is 5.75 Å². The Labute approximate surface area is 202 Å². The Bertz CT molecular complexity index is 995. The van der Waals surface area contributed by atoms with Crippen molar-refractivity contribution < 1.29 is 49.8 Å². The average molecular weight is 552 g/mol. The van der Waals surface area contributed by atoms with Gasteiger partial charge in [-0.15, -0.1) is 4.58 Å². The smallest absolute Gasteiger partial charge is 0.456 e. The Morgan fingerprint density at radius 1 is 1.23 bits per heavy atom. The molecule has 2 aliphatic rings. The summed E-state index contributed by atoms with van der Waals surface area (Å²) in [6.07, 6.45) is -4.44. The van der Waals surface area contributed by atoms with E-state index in [1.807, 2.05) is 0 Å². The van der Waals surface area contributed by atoms with Gasteiger partial charge >= 0.3 is 12.1 Å². The van der Waals surface area contributed by atoms with Crippen LogP contribution in [0.1, 0.15) is 37.3 Å². The average Bonchev–Trinajstić information content (AvgIpc) is 2.82. The van der Waals surface area contributed by atoms with E-state index in [9.17, 15) is 40.4 Å². The van der Waals surface area contributed by atoms with E-state index in [4.69, 9.17) is 16.5 Å². The number of carbonyl (C=O) groups excluding carboxylic acids is 1. The van der Waals surface area contributed by atoms with Gasteiger partial charge in [-0.3, -0.25) is 15.0 Å². The zero-order valence-electron chi connectivity index (χ0n) is 18.2. The molecule has 2 saturated heterocycles. The minimum absolute atomic E-state index is 0.000589. The number of hydroxylamine groups is 1. The van der Waals surface area contributed by atoms with Crippen LogP contribution in [0.2, 0.25) is 0 Å². The lowest BCUT2D eigenvalue weighted by molar-refractivity contribution is -0.290. The summed E-state index contributed by atoms with van der Waals surface area (Å²) in [6, 6.07) is 2.63. The molecule has 0 spiro atoms. The molecule has 9 nitrogen and oxygen atoms in total. The van der Waals surface area contributed by atoms with Gasteiger partial charge in [0, 0.05) is 62.5 Å². The standard InChI is InChI=1S/C19H23ClF5N3O6S/c20-28(30)16(29)17(5-9-33-10-6-17)35(31,32)27-7-3-13(4-8-27)15-2-1-14(11-26-15)34-12-18(21,22)19(23,24)25/h1-2,11,13,30H,3-10,12H2. The van der Waals surface area contributed by atoms with Crippen LogP contribution in [-0.2, 0) is 19.6 Å². The summed E-state index contributed by atoms with van der Waals surface area (Å²) in [4.78, 5) is 16.6. The number of carbonyl (C=O) groups is 1. The topological polar surface area (TPSA) is 109 Å². The summed E-state index contributed by atoms with van der Waals surface area (Å²) in [7, 11) is -4.22. The van der Waals surface area contributed by atoms with Gasteiger partial charge in [-0.05, 0) is 25.0 Å². The number of hydrogen-bond donors (Lipinski definition) is 1. The largest absolute Gasteiger partial charge is 0.485 e. The molecule has 1 N–H and O–H groups in total. The third-order valence-corrected chi connectivity index (χ3v) is 8.93. The Morgan fingerprint density at radius 3 is 2.31 bits per heavy atom. The molecule has 1 aromatic rings. The van der Waals surface area contributed by atoms with Crippen molar-refractivity contribution in [3.63, 3.8) is 0 Å². The molecule has 198 valence electrons. The van der Waals surface area contributed by atoms with Crippen molar-refractivity contribution in [2.75, 3.05) is 32.9 Å². The van der Waals surface area contributed by atoms with Crippen molar-refractivity contribution in [2.45, 2.75) is 48.4 Å². The number of halogens is 6. The van der Waals surface area contributed by atoms with Crippen LogP contribution < -0.4 is 4.74 Å². The lowest BCUT2D eigenvalue weighted by Gasteiger charge is -2.41. The Balaban J connectivity index is 1.64. The first-order chi connectivity index (χ1) is 16.2. The number of nitrogens with zero attached hydrogens (tertiary/aromatic N) is 3. The molecule has 1 amide bonds. The Morgan fingerprint density at radius 2 is 1.83 bits per heavy atom. The van der Waals surface area contributed by atoms with Crippen molar-refractivity contribution in [1.29, 1.82) is 0 Å². The van der Waals surface area contributed by atoms with Crippen molar-refractivity contribution in [1.82, 2.24) is 13.9 Å². The van der Waals surface area contributed by atoms with Gasteiger partial charge in [0.05, 0.1) is 6.20 Å². The molecule has 1 aromatic heterocycles. The van der Waals surface area contributed by atoms with Crippen LogP contribution in [0.25, 0.3) is 0 Å². The summed E-state index contributed by atoms with van der Waals surface area (Å²) in [5.41, 5.74) is 0.483. The fourth-order valence-electron chi connectivity index (χ4n) is 4.06. The first kappa shape index (κ1) is 27.8. The Kier molecular flexibility index (Phi) is 8.16. The van der Waals surface area contributed by atoms with Crippen molar-refractivity contribution >= 4 is 27.7 Å². The second-order valence-corrected chi connectivity index (χ2v) is 10.8. The summed E-state index contributed by atoms with van der Waals surface area (Å²) in [6.45, 7) is -1.81. The van der Waals surface area contributed by atoms with Crippen molar-refractivity contribution in [3.8, 4) is 5.75 Å². The second-order valence-electron chi connectivity index (χ2n) is 8.26. The van der Waals surface area contributed by atoms with E-state index in [1.54, 1.807) is 0 Å². The highest BCUT2D eigenvalue weighted by Gasteiger charge is 2.58. The quantitative estimate of drug-likeness (QED) is 0.240. The molecule has 3 rings (SSSR count). The molecular weight excluding hydrogens is 529 g/mol. The number of piperidine rings is 1. The predicted molar refractivity (Wildman–Crippen MR) is 110 cm³/mol. The predicted octanol–water partition coefficient (Wildman–Crippen LogP) is 3.09. The zero-order chi connectivity index (χ0) is 26.1. The van der Waals surface area contributed by atoms with Gasteiger partial charge in [0.2, 0.25) is 10.0 Å². The SMILES string of the molecule is O=C(N(O)Cl)C1(S(=O)(=O)N2CCC(c3ccc(OCC(F)(F)C(F)(F)F)cn3)CC2)CCOCC1. The molecule has 0 unspecified atom stereocenters. The number of ether oxygens (including phenoxy) is 2. The third-order valence-electron chi connectivity index (χ3n) is 6.16. The van der Waals surface area contributed by atoms with Gasteiger partial charge in [0.15, 0.2) is 11.4 Å². The van der Waals surface area contributed by atoms with E-state index in [-0.39, 0.29) is 55.4 Å². The Hall–Kier alpha value is -1.81. The lowest BCUT2D eigenvalue weighted by Crippen LogP contribution is -2.59. The van der Waals surface area contributed by atoms with Gasteiger partial charge < -0.3 is 9.47 Å². The highest BCUT2D eigenvalue weighted by molar-refractivity contribution is 7.91. The number of rotatable bonds is 7. The minimum Gasteiger partial charge on any atom is -0.485 e. The van der Waals surface area contributed by atoms with Gasteiger partial charge in [-0.1, -0.05) is 0 Å². The molecule has 3 heterocycles. The molecule has 0 radical (unpaired) electrons. The molecule has 0 aromatic carbocycles. The van der Waals surface area contributed by atoms with Gasteiger partial charge in [-0.2, -0.15) is 22.0 Å². The number of sulfonamides is 1. The molecular formula is C19H23ClF5N3O6S. The number of alkyl halides is 5. The van der Waals surface area contributed by atoms with E-state index in [2.05, 4.69) is 9.72 Å². The van der Waals surface area contributed by atoms with Crippen LogP contribution in [0.15, 0.2) is 18.3 Å². The molecule has 2 aliphatic heterocycles. The molecule has 0 bridgehead atoms. The van der Waals surface area contributed by atoms with Gasteiger partial charge in [0.1, 0.15) is 5.75 Å². The third kappa shape index (κ3) is 5.63. The summed E-state index contributed by atoms with van der Waals surface area (Å²) < 4.78 is 98.2. The summed E-state index contributed by atoms with van der Waals surface area (Å²) >= 11 is 5.38. The fourth-order valence-corrected chi connectivity index (χ4v) is 6.45. The minimum atomic E-state index is -5.73. The maximum atomic E-state index is 13.4. The number of amides is 1. The summed E-state index contributed by atoms with van der Waals surface area (Å²) in [5.74, 6) is -6.66. The van der Waals surface area contributed by atoms with E-state index < -0.39 is 39.4 Å². The van der Waals surface area contributed by atoms with E-state index in [0.717, 1.165) is 10.5 Å². The number of hydrogen-bond acceptors (Lipinski definition) is 7. The fraction of sp³-hybridized carbons (Fsp3) is 0.684. The van der Waals surface area contributed by atoms with E-state index in [0.29, 0.717) is 18.5 Å². The molecule has 0 aliphatic carbocycles. The second kappa shape index (κ2) is 10.3. The van der Waals surface area contributed by atoms with Crippen LogP contribution in [0.3, 0.4) is 0 Å². The van der Waals surface area contributed by atoms with Gasteiger partial charge in [0.25, 0.3) is 5.91 Å². The molecule has 0 saturated carbocycles. The van der Waals surface area contributed by atoms with E-state index in [1.165, 1.54) is 12.1 Å². The summed E-state index contributed by atoms with van der Waals surface area (Å²) in [5, 5.41) is 9.45. The van der Waals surface area contributed by atoms with Crippen LogP contribution in [0, 0.1) is 0 Å². The van der Waals surface area contributed by atoms with E-state index >= 15 is 0 Å². The maximum absolute atomic E-state index is 13.4. The monoisotopic (exact) mass is 551 g/mol. The van der Waals surface area contributed by atoms with Gasteiger partial charge in [-0.25, -0.2) is 12.7 Å². The zero-order valence-corrected chi connectivity index (χ0v) is 19.8. The molecule has 35 heavy (non-hydrogen) atoms. The molecule has 0 atom stereocenters. The molecule has 2 fully saturated rings. The van der Waals surface area contributed by atoms with Crippen LogP contribution in [-0.4, -0.2) is 83.2 Å². The highest BCUT2D eigenvalue weighted by Crippen LogP contribution is 2.38. The first-order valence-corrected chi connectivity index (χ1v) is 12.3. The maximum Gasteiger partial charge on any atom is 0.456 e. The number of aromatic nitrogens is 1. The molecule has 16 heteroatoms. The normalized spacial score (nSPS) is 20.4. The van der Waals surface area contributed by atoms with Crippen molar-refractivity contribution in [2.24, 2.45) is 0 Å². The van der Waals surface area contributed by atoms with Crippen molar-refractivity contribution in [3.05, 3.63) is 24.0 Å². The first-order valence-electron chi connectivity index (χ1n) is 10.5. The van der Waals surface area contributed by atoms with Crippen LogP contribution >= 0.6 is 11.8 Å².